The first kappa shape index (κ1) is 17.6. The van der Waals surface area contributed by atoms with Crippen molar-refractivity contribution in [3.8, 4) is 11.4 Å². The number of hydrogen-bond donors (Lipinski definition) is 2. The topological polar surface area (TPSA) is 64.3 Å². The molecule has 0 saturated carbocycles. The fourth-order valence-corrected chi connectivity index (χ4v) is 3.05. The van der Waals surface area contributed by atoms with Crippen LogP contribution in [0, 0.1) is 13.8 Å². The third-order valence-electron chi connectivity index (χ3n) is 5.00. The molecule has 2 heterocycles. The van der Waals surface area contributed by atoms with Crippen molar-refractivity contribution >= 4 is 11.6 Å². The normalized spacial score (nSPS) is 17.4. The average Bonchev–Trinajstić information content (AvgIpc) is 2.94. The van der Waals surface area contributed by atoms with E-state index < -0.39 is 0 Å². The monoisotopic (exact) mass is 341 g/mol. The highest BCUT2D eigenvalue weighted by Crippen LogP contribution is 2.21. The summed E-state index contributed by atoms with van der Waals surface area (Å²) in [4.78, 5) is 25.0. The van der Waals surface area contributed by atoms with Crippen LogP contribution >= 0.6 is 0 Å². The second-order valence-electron chi connectivity index (χ2n) is 6.88. The third-order valence-corrected chi connectivity index (χ3v) is 5.00. The zero-order chi connectivity index (χ0) is 18.0. The van der Waals surface area contributed by atoms with Crippen LogP contribution < -0.4 is 5.32 Å². The molecule has 1 aliphatic rings. The molecule has 0 bridgehead atoms. The molecular weight excluding hydrogens is 314 g/mol. The van der Waals surface area contributed by atoms with Crippen molar-refractivity contribution in [3.63, 3.8) is 0 Å². The Balaban J connectivity index is 1.68. The second kappa shape index (κ2) is 7.37. The minimum atomic E-state index is -0.134. The third kappa shape index (κ3) is 4.08. The lowest BCUT2D eigenvalue weighted by atomic mass is 10.1. The fraction of sp³-hybridized carbons (Fsp3) is 0.474. The number of aryl methyl sites for hydroxylation is 2. The van der Waals surface area contributed by atoms with E-state index in [2.05, 4.69) is 32.1 Å². The Kier molecular flexibility index (Phi) is 5.20. The molecule has 1 saturated heterocycles. The quantitative estimate of drug-likeness (QED) is 0.895. The van der Waals surface area contributed by atoms with Gasteiger partial charge in [0.05, 0.1) is 11.7 Å². The van der Waals surface area contributed by atoms with Gasteiger partial charge in [0.1, 0.15) is 5.82 Å². The molecule has 1 atom stereocenters. The molecule has 0 aliphatic carbocycles. The molecule has 3 rings (SSSR count). The summed E-state index contributed by atoms with van der Waals surface area (Å²) in [7, 11) is 2.12. The number of nitrogens with one attached hydrogen (secondary N) is 2. The van der Waals surface area contributed by atoms with E-state index in [1.165, 1.54) is 0 Å². The Hall–Kier alpha value is -2.18. The zero-order valence-electron chi connectivity index (χ0n) is 15.5. The molecule has 1 aliphatic heterocycles. The van der Waals surface area contributed by atoms with Crippen molar-refractivity contribution in [1.82, 2.24) is 19.8 Å². The number of aromatic amines is 1. The van der Waals surface area contributed by atoms with Gasteiger partial charge in [0.15, 0.2) is 0 Å². The van der Waals surface area contributed by atoms with Gasteiger partial charge in [-0.1, -0.05) is 12.1 Å². The van der Waals surface area contributed by atoms with E-state index >= 15 is 0 Å². The minimum Gasteiger partial charge on any atom is -0.342 e. The van der Waals surface area contributed by atoms with Crippen LogP contribution in [0.15, 0.2) is 24.3 Å². The van der Waals surface area contributed by atoms with E-state index in [0.717, 1.165) is 54.6 Å². The van der Waals surface area contributed by atoms with Gasteiger partial charge >= 0.3 is 0 Å². The van der Waals surface area contributed by atoms with Crippen LogP contribution in [0.1, 0.15) is 18.3 Å². The number of H-pyrrole nitrogens is 1. The summed E-state index contributed by atoms with van der Waals surface area (Å²) < 4.78 is 0. The SMILES string of the molecule is Cc1nc(-c2cccc(NC(=O)[C@@H](C)N3CCN(C)CC3)c2)[nH]c1C. The predicted molar refractivity (Wildman–Crippen MR) is 101 cm³/mol. The molecule has 2 aromatic rings. The molecule has 134 valence electrons. The Labute approximate surface area is 149 Å². The maximum Gasteiger partial charge on any atom is 0.241 e. The number of imidazole rings is 1. The molecule has 0 unspecified atom stereocenters. The number of nitrogens with zero attached hydrogens (tertiary/aromatic N) is 3. The number of carbonyl (C=O) groups excluding carboxylic acids is 1. The number of anilines is 1. The number of benzene rings is 1. The summed E-state index contributed by atoms with van der Waals surface area (Å²) in [6.07, 6.45) is 0. The molecule has 1 aromatic heterocycles. The van der Waals surface area contributed by atoms with Crippen molar-refractivity contribution in [2.24, 2.45) is 0 Å². The van der Waals surface area contributed by atoms with Crippen LogP contribution in [0.2, 0.25) is 0 Å². The number of aromatic nitrogens is 2. The van der Waals surface area contributed by atoms with Crippen molar-refractivity contribution in [2.45, 2.75) is 26.8 Å². The lowest BCUT2D eigenvalue weighted by Gasteiger charge is -2.35. The molecule has 2 N–H and O–H groups in total. The second-order valence-corrected chi connectivity index (χ2v) is 6.88. The molecule has 1 fully saturated rings. The van der Waals surface area contributed by atoms with Crippen molar-refractivity contribution in [2.75, 3.05) is 38.5 Å². The zero-order valence-corrected chi connectivity index (χ0v) is 15.5. The van der Waals surface area contributed by atoms with Crippen LogP contribution in [0.5, 0.6) is 0 Å². The standard InChI is InChI=1S/C19H27N5O/c1-13-14(2)21-18(20-13)16-6-5-7-17(12-16)22-19(25)15(3)24-10-8-23(4)9-11-24/h5-7,12,15H,8-11H2,1-4H3,(H,20,21)(H,22,25)/t15-/m1/s1. The highest BCUT2D eigenvalue weighted by atomic mass is 16.2. The van der Waals surface area contributed by atoms with E-state index in [-0.39, 0.29) is 11.9 Å². The van der Waals surface area contributed by atoms with Gasteiger partial charge in [-0.3, -0.25) is 9.69 Å². The lowest BCUT2D eigenvalue weighted by molar-refractivity contribution is -0.121. The van der Waals surface area contributed by atoms with E-state index in [9.17, 15) is 4.79 Å². The summed E-state index contributed by atoms with van der Waals surface area (Å²) >= 11 is 0. The molecule has 1 amide bonds. The maximum atomic E-state index is 12.6. The highest BCUT2D eigenvalue weighted by molar-refractivity contribution is 5.95. The van der Waals surface area contributed by atoms with E-state index in [1.807, 2.05) is 45.0 Å². The Bertz CT molecular complexity index is 727. The van der Waals surface area contributed by atoms with Gasteiger partial charge in [-0.05, 0) is 40.0 Å². The number of piperazine rings is 1. The maximum absolute atomic E-state index is 12.6. The molecule has 25 heavy (non-hydrogen) atoms. The first-order chi connectivity index (χ1) is 11.9. The Morgan fingerprint density at radius 3 is 2.60 bits per heavy atom. The molecule has 0 spiro atoms. The molecule has 0 radical (unpaired) electrons. The fourth-order valence-electron chi connectivity index (χ4n) is 3.05. The van der Waals surface area contributed by atoms with Gasteiger partial charge in [0, 0.05) is 43.1 Å². The van der Waals surface area contributed by atoms with Crippen LogP contribution in [0.25, 0.3) is 11.4 Å². The van der Waals surface area contributed by atoms with Crippen LogP contribution in [-0.4, -0.2) is 64.9 Å². The molecular formula is C19H27N5O. The van der Waals surface area contributed by atoms with Crippen LogP contribution in [-0.2, 0) is 4.79 Å². The van der Waals surface area contributed by atoms with Crippen LogP contribution in [0.3, 0.4) is 0 Å². The smallest absolute Gasteiger partial charge is 0.241 e. The van der Waals surface area contributed by atoms with Gasteiger partial charge < -0.3 is 15.2 Å². The summed E-state index contributed by atoms with van der Waals surface area (Å²) in [6.45, 7) is 9.83. The van der Waals surface area contributed by atoms with Crippen molar-refractivity contribution in [3.05, 3.63) is 35.7 Å². The Morgan fingerprint density at radius 2 is 1.96 bits per heavy atom. The van der Waals surface area contributed by atoms with E-state index in [0.29, 0.717) is 0 Å². The number of amides is 1. The Morgan fingerprint density at radius 1 is 1.24 bits per heavy atom. The van der Waals surface area contributed by atoms with Gasteiger partial charge in [-0.15, -0.1) is 0 Å². The number of hydrogen-bond acceptors (Lipinski definition) is 4. The minimum absolute atomic E-state index is 0.0357. The lowest BCUT2D eigenvalue weighted by Crippen LogP contribution is -2.51. The summed E-state index contributed by atoms with van der Waals surface area (Å²) in [5, 5.41) is 3.05. The first-order valence-corrected chi connectivity index (χ1v) is 8.81. The predicted octanol–water partition coefficient (Wildman–Crippen LogP) is 2.27. The van der Waals surface area contributed by atoms with Gasteiger partial charge in [0.25, 0.3) is 0 Å². The summed E-state index contributed by atoms with van der Waals surface area (Å²) in [6, 6.07) is 7.69. The van der Waals surface area contributed by atoms with Gasteiger partial charge in [-0.2, -0.15) is 0 Å². The van der Waals surface area contributed by atoms with Gasteiger partial charge in [0.2, 0.25) is 5.91 Å². The van der Waals surface area contributed by atoms with Crippen molar-refractivity contribution < 1.29 is 4.79 Å². The average molecular weight is 341 g/mol. The summed E-state index contributed by atoms with van der Waals surface area (Å²) in [5.74, 6) is 0.867. The highest BCUT2D eigenvalue weighted by Gasteiger charge is 2.24. The van der Waals surface area contributed by atoms with E-state index in [4.69, 9.17) is 0 Å². The summed E-state index contributed by atoms with van der Waals surface area (Å²) in [5.41, 5.74) is 3.83. The number of carbonyl (C=O) groups is 1. The molecule has 6 heteroatoms. The largest absolute Gasteiger partial charge is 0.342 e. The molecule has 6 nitrogen and oxygen atoms in total. The first-order valence-electron chi connectivity index (χ1n) is 8.81. The number of rotatable bonds is 4. The van der Waals surface area contributed by atoms with E-state index in [1.54, 1.807) is 0 Å². The van der Waals surface area contributed by atoms with Gasteiger partial charge in [-0.25, -0.2) is 4.98 Å². The van der Waals surface area contributed by atoms with Crippen LogP contribution in [0.4, 0.5) is 5.69 Å². The van der Waals surface area contributed by atoms with Crippen molar-refractivity contribution in [1.29, 1.82) is 0 Å². The number of likely N-dealkylation sites (N-methyl/N-ethyl adjacent to an activating group) is 1. The molecule has 1 aromatic carbocycles.